The standard InChI is InChI=1S/Mn.H2O2.O.2Ti/c;1-2;;;/h;1-2H;;;. The summed E-state index contributed by atoms with van der Waals surface area (Å²) in [5.41, 5.74) is 0. The van der Waals surface area contributed by atoms with Crippen molar-refractivity contribution in [2.24, 2.45) is 0 Å². The molecular weight excluding hydrogens is 199 g/mol. The molecule has 0 rings (SSSR count). The molecule has 0 saturated heterocycles. The molecule has 0 aliphatic heterocycles. The van der Waals surface area contributed by atoms with Crippen molar-refractivity contribution >= 4 is 0 Å². The van der Waals surface area contributed by atoms with E-state index in [2.05, 4.69) is 0 Å². The zero-order chi connectivity index (χ0) is 4.00. The fourth-order valence-electron chi connectivity index (χ4n) is 0. The van der Waals surface area contributed by atoms with Gasteiger partial charge in [0.15, 0.2) is 0 Å². The topological polar surface area (TPSA) is 57.5 Å². The van der Waals surface area contributed by atoms with Gasteiger partial charge in [-0.3, -0.25) is 10.5 Å². The van der Waals surface area contributed by atoms with Gasteiger partial charge in [-0.2, -0.15) is 0 Å². The summed E-state index contributed by atoms with van der Waals surface area (Å²) >= 11 is 0.750. The van der Waals surface area contributed by atoms with Crippen LogP contribution >= 0.6 is 0 Å². The molecule has 0 heterocycles. The molecule has 0 aliphatic rings. The Labute approximate surface area is 72.5 Å². The summed E-state index contributed by atoms with van der Waals surface area (Å²) < 4.78 is 8.25. The van der Waals surface area contributed by atoms with Gasteiger partial charge in [0.25, 0.3) is 0 Å². The van der Waals surface area contributed by atoms with Gasteiger partial charge in [-0.15, -0.1) is 0 Å². The maximum absolute atomic E-state index is 8.25. The maximum Gasteiger partial charge on any atom is 0 e. The Hall–Kier alpha value is 1.67. The molecule has 0 saturated carbocycles. The van der Waals surface area contributed by atoms with Gasteiger partial charge in [-0.1, -0.05) is 0 Å². The molecule has 0 bridgehead atoms. The van der Waals surface area contributed by atoms with Gasteiger partial charge in [-0.05, 0) is 0 Å². The monoisotopic (exact) mass is 201 g/mol. The first-order valence-corrected chi connectivity index (χ1v) is 1.04. The second kappa shape index (κ2) is 77.0. The van der Waals surface area contributed by atoms with Crippen molar-refractivity contribution in [3.63, 3.8) is 0 Å². The minimum absolute atomic E-state index is 0. The fraction of sp³-hybridized carbons (Fsp3) is 0. The van der Waals surface area contributed by atoms with Crippen molar-refractivity contribution in [1.82, 2.24) is 0 Å². The molecule has 0 spiro atoms. The molecule has 0 amide bonds. The maximum atomic E-state index is 8.25. The van der Waals surface area contributed by atoms with E-state index in [1.165, 1.54) is 0 Å². The molecule has 0 aromatic carbocycles. The summed E-state index contributed by atoms with van der Waals surface area (Å²) in [6.45, 7) is 0. The van der Waals surface area contributed by atoms with Gasteiger partial charge in [0, 0.05) is 38.8 Å². The van der Waals surface area contributed by atoms with E-state index in [-0.39, 0.29) is 38.8 Å². The Bertz CT molecular complexity index is 8.75. The average molecular weight is 201 g/mol. The molecule has 0 unspecified atom stereocenters. The SMILES string of the molecule is OO.[Mn].[O]=[Ti].[Ti]. The van der Waals surface area contributed by atoms with Crippen LogP contribution in [0.15, 0.2) is 0 Å². The molecule has 0 aromatic heterocycles. The average Bonchev–Trinajstić information content (AvgIpc) is 1.50. The van der Waals surface area contributed by atoms with Crippen molar-refractivity contribution in [3.8, 4) is 0 Å². The summed E-state index contributed by atoms with van der Waals surface area (Å²) in [6, 6.07) is 0. The van der Waals surface area contributed by atoms with Crippen molar-refractivity contribution < 1.29 is 73.0 Å². The van der Waals surface area contributed by atoms with Gasteiger partial charge < -0.3 is 0 Å². The van der Waals surface area contributed by atoms with E-state index in [1.54, 1.807) is 0 Å². The smallest absolute Gasteiger partial charge is 0 e. The van der Waals surface area contributed by atoms with Gasteiger partial charge in [0.05, 0.1) is 0 Å². The number of rotatable bonds is 0. The van der Waals surface area contributed by atoms with Crippen LogP contribution in [-0.4, -0.2) is 10.5 Å². The Morgan fingerprint density at radius 3 is 1.17 bits per heavy atom. The third-order valence-electron chi connectivity index (χ3n) is 0. The third kappa shape index (κ3) is 44.4. The molecule has 0 aromatic rings. The quantitative estimate of drug-likeness (QED) is 0.326. The second-order valence-corrected chi connectivity index (χ2v) is 0. The van der Waals surface area contributed by atoms with Gasteiger partial charge >= 0.3 is 23.7 Å². The molecule has 35 valence electrons. The number of hydrogen-bond acceptors (Lipinski definition) is 3. The second-order valence-electron chi connectivity index (χ2n) is 0. The van der Waals surface area contributed by atoms with Crippen LogP contribution in [0.5, 0.6) is 0 Å². The molecular formula is H2MnO3Ti2. The molecule has 2 N–H and O–H groups in total. The zero-order valence-corrected chi connectivity index (χ0v) is 6.98. The Kier molecular flexibility index (Phi) is 325. The van der Waals surface area contributed by atoms with E-state index in [9.17, 15) is 0 Å². The van der Waals surface area contributed by atoms with Crippen LogP contribution < -0.4 is 0 Å². The van der Waals surface area contributed by atoms with Crippen LogP contribution in [0.1, 0.15) is 0 Å². The molecule has 6 heteroatoms. The van der Waals surface area contributed by atoms with E-state index in [4.69, 9.17) is 13.8 Å². The van der Waals surface area contributed by atoms with Gasteiger partial charge in [0.1, 0.15) is 0 Å². The van der Waals surface area contributed by atoms with Crippen LogP contribution in [0.3, 0.4) is 0 Å². The van der Waals surface area contributed by atoms with Crippen LogP contribution in [0, 0.1) is 0 Å². The predicted molar refractivity (Wildman–Crippen MR) is 5.94 cm³/mol. The van der Waals surface area contributed by atoms with Crippen molar-refractivity contribution in [3.05, 3.63) is 0 Å². The Morgan fingerprint density at radius 1 is 1.17 bits per heavy atom. The number of hydrogen-bond donors (Lipinski definition) is 2. The predicted octanol–water partition coefficient (Wildman–Crippen LogP) is -0.109. The van der Waals surface area contributed by atoms with Gasteiger partial charge in [0.2, 0.25) is 0 Å². The minimum atomic E-state index is 0. The summed E-state index contributed by atoms with van der Waals surface area (Å²) in [5.74, 6) is 0. The van der Waals surface area contributed by atoms with Crippen LogP contribution in [-0.2, 0) is 62.5 Å². The first-order chi connectivity index (χ1) is 2.00. The van der Waals surface area contributed by atoms with Crippen LogP contribution in [0.4, 0.5) is 0 Å². The first-order valence-electron chi connectivity index (χ1n) is 0.404. The third-order valence-corrected chi connectivity index (χ3v) is 0. The van der Waals surface area contributed by atoms with Crippen LogP contribution in [0.25, 0.3) is 0 Å². The summed E-state index contributed by atoms with van der Waals surface area (Å²) in [6.07, 6.45) is 0. The Balaban J connectivity index is -0.00000000500. The van der Waals surface area contributed by atoms with E-state index in [1.807, 2.05) is 0 Å². The Morgan fingerprint density at radius 2 is 1.17 bits per heavy atom. The van der Waals surface area contributed by atoms with Crippen molar-refractivity contribution in [2.45, 2.75) is 0 Å². The summed E-state index contributed by atoms with van der Waals surface area (Å²) in [5, 5.41) is 12.0. The largest absolute Gasteiger partial charge is 0 e. The zero-order valence-electron chi connectivity index (χ0n) is 2.68. The molecule has 0 atom stereocenters. The minimum Gasteiger partial charge on any atom is 0 e. The fourth-order valence-corrected chi connectivity index (χ4v) is 0. The molecule has 3 nitrogen and oxygen atoms in total. The van der Waals surface area contributed by atoms with E-state index < -0.39 is 0 Å². The first kappa shape index (κ1) is 25.3. The summed E-state index contributed by atoms with van der Waals surface area (Å²) in [7, 11) is 0. The van der Waals surface area contributed by atoms with E-state index in [0.717, 1.165) is 20.4 Å². The van der Waals surface area contributed by atoms with E-state index >= 15 is 0 Å². The van der Waals surface area contributed by atoms with Crippen molar-refractivity contribution in [1.29, 1.82) is 0 Å². The molecule has 0 aliphatic carbocycles. The van der Waals surface area contributed by atoms with E-state index in [0.29, 0.717) is 0 Å². The molecule has 0 fully saturated rings. The van der Waals surface area contributed by atoms with Crippen LogP contribution in [0.2, 0.25) is 0 Å². The molecule has 6 heavy (non-hydrogen) atoms. The van der Waals surface area contributed by atoms with Crippen molar-refractivity contribution in [2.75, 3.05) is 0 Å². The summed E-state index contributed by atoms with van der Waals surface area (Å²) in [4.78, 5) is 0. The molecule has 1 radical (unpaired) electrons. The van der Waals surface area contributed by atoms with Gasteiger partial charge in [-0.25, -0.2) is 0 Å². The normalized spacial score (nSPS) is 1.50.